The summed E-state index contributed by atoms with van der Waals surface area (Å²) in [5.41, 5.74) is 3.23. The highest BCUT2D eigenvalue weighted by Gasteiger charge is 2.09. The number of aromatic hydroxyl groups is 1. The van der Waals surface area contributed by atoms with Gasteiger partial charge in [-0.1, -0.05) is 17.7 Å². The van der Waals surface area contributed by atoms with Crippen LogP contribution in [0.3, 0.4) is 0 Å². The third kappa shape index (κ3) is 4.11. The first-order chi connectivity index (χ1) is 10.5. The number of carbonyl (C=O) groups is 1. The van der Waals surface area contributed by atoms with Crippen molar-refractivity contribution >= 4 is 46.3 Å². The van der Waals surface area contributed by atoms with Crippen LogP contribution in [0.15, 0.2) is 41.5 Å². The summed E-state index contributed by atoms with van der Waals surface area (Å²) in [6.45, 7) is 0. The van der Waals surface area contributed by atoms with Crippen molar-refractivity contribution < 1.29 is 14.6 Å². The van der Waals surface area contributed by atoms with Crippen molar-refractivity contribution in [1.29, 1.82) is 0 Å². The van der Waals surface area contributed by atoms with Gasteiger partial charge in [-0.15, -0.1) is 0 Å². The molecule has 0 aliphatic carbocycles. The van der Waals surface area contributed by atoms with E-state index in [-0.39, 0.29) is 17.4 Å². The number of hydrogen-bond acceptors (Lipinski definition) is 4. The predicted molar refractivity (Wildman–Crippen MR) is 93.9 cm³/mol. The fraction of sp³-hybridized carbons (Fsp3) is 0.0667. The molecule has 114 valence electrons. The quantitative estimate of drug-likeness (QED) is 0.444. The fourth-order valence-corrected chi connectivity index (χ4v) is 2.46. The van der Waals surface area contributed by atoms with Gasteiger partial charge in [0.1, 0.15) is 0 Å². The summed E-state index contributed by atoms with van der Waals surface area (Å²) in [6, 6.07) is 10.1. The van der Waals surface area contributed by atoms with Gasteiger partial charge < -0.3 is 9.84 Å². The Labute approximate surface area is 146 Å². The average molecular weight is 431 g/mol. The van der Waals surface area contributed by atoms with Crippen LogP contribution >= 0.6 is 34.2 Å². The molecule has 0 aromatic heterocycles. The molecule has 2 aromatic carbocycles. The minimum absolute atomic E-state index is 0.0980. The molecule has 0 atom stereocenters. The molecule has 0 heterocycles. The molecule has 2 N–H and O–H groups in total. The van der Waals surface area contributed by atoms with Crippen molar-refractivity contribution in [2.75, 3.05) is 7.11 Å². The fourth-order valence-electron chi connectivity index (χ4n) is 1.70. The van der Waals surface area contributed by atoms with E-state index in [2.05, 4.69) is 33.1 Å². The summed E-state index contributed by atoms with van der Waals surface area (Å²) < 4.78 is 5.94. The van der Waals surface area contributed by atoms with E-state index in [0.29, 0.717) is 16.1 Å². The van der Waals surface area contributed by atoms with E-state index in [1.165, 1.54) is 25.5 Å². The molecule has 0 spiro atoms. The van der Waals surface area contributed by atoms with Crippen molar-refractivity contribution in [3.05, 3.63) is 56.1 Å². The zero-order valence-corrected chi connectivity index (χ0v) is 14.4. The number of halogens is 2. The lowest BCUT2D eigenvalue weighted by atomic mass is 10.2. The van der Waals surface area contributed by atoms with Crippen LogP contribution in [0.2, 0.25) is 5.02 Å². The van der Waals surface area contributed by atoms with Gasteiger partial charge in [0.25, 0.3) is 5.91 Å². The molecular weight excluding hydrogens is 419 g/mol. The second kappa shape index (κ2) is 7.46. The van der Waals surface area contributed by atoms with E-state index >= 15 is 0 Å². The number of phenols is 1. The molecule has 0 aliphatic rings. The standard InChI is InChI=1S/C15H12ClIN2O3/c1-22-13-7-11(16)5-10(14(13)20)8-18-19-15(21)9-3-2-4-12(17)6-9/h2-8,20H,1H3,(H,19,21)/b18-8-. The molecule has 0 bridgehead atoms. The zero-order chi connectivity index (χ0) is 16.1. The van der Waals surface area contributed by atoms with Crippen molar-refractivity contribution in [2.45, 2.75) is 0 Å². The maximum Gasteiger partial charge on any atom is 0.271 e. The summed E-state index contributed by atoms with van der Waals surface area (Å²) in [7, 11) is 1.42. The first-order valence-electron chi connectivity index (χ1n) is 6.16. The van der Waals surface area contributed by atoms with Crippen molar-refractivity contribution in [3.8, 4) is 11.5 Å². The number of nitrogens with one attached hydrogen (secondary N) is 1. The van der Waals surface area contributed by atoms with Crippen LogP contribution in [0.1, 0.15) is 15.9 Å². The van der Waals surface area contributed by atoms with Crippen LogP contribution < -0.4 is 10.2 Å². The lowest BCUT2D eigenvalue weighted by Gasteiger charge is -2.06. The molecule has 0 unspecified atom stereocenters. The lowest BCUT2D eigenvalue weighted by molar-refractivity contribution is 0.0955. The van der Waals surface area contributed by atoms with E-state index in [1.807, 2.05) is 6.07 Å². The highest BCUT2D eigenvalue weighted by atomic mass is 127. The Balaban J connectivity index is 2.13. The number of hydrogen-bond donors (Lipinski definition) is 2. The SMILES string of the molecule is COc1cc(Cl)cc(/C=N\NC(=O)c2cccc(I)c2)c1O. The molecule has 2 aromatic rings. The minimum Gasteiger partial charge on any atom is -0.504 e. The zero-order valence-electron chi connectivity index (χ0n) is 11.5. The van der Waals surface area contributed by atoms with Crippen molar-refractivity contribution in [1.82, 2.24) is 5.43 Å². The number of carbonyl (C=O) groups excluding carboxylic acids is 1. The number of hydrazone groups is 1. The minimum atomic E-state index is -0.344. The summed E-state index contributed by atoms with van der Waals surface area (Å²) in [6.07, 6.45) is 1.30. The maximum absolute atomic E-state index is 11.9. The number of ether oxygens (including phenoxy) is 1. The molecule has 2 rings (SSSR count). The molecule has 0 radical (unpaired) electrons. The van der Waals surface area contributed by atoms with Crippen LogP contribution in [0.4, 0.5) is 0 Å². The largest absolute Gasteiger partial charge is 0.504 e. The average Bonchev–Trinajstić information content (AvgIpc) is 2.50. The van der Waals surface area contributed by atoms with Crippen molar-refractivity contribution in [3.63, 3.8) is 0 Å². The Morgan fingerprint density at radius 2 is 2.18 bits per heavy atom. The highest BCUT2D eigenvalue weighted by Crippen LogP contribution is 2.32. The second-order valence-corrected chi connectivity index (χ2v) is 5.94. The molecular formula is C15H12ClIN2O3. The third-order valence-corrected chi connectivity index (χ3v) is 3.63. The van der Waals surface area contributed by atoms with Gasteiger partial charge in [-0.05, 0) is 46.9 Å². The lowest BCUT2D eigenvalue weighted by Crippen LogP contribution is -2.17. The number of amides is 1. The number of phenolic OH excluding ortho intramolecular Hbond substituents is 1. The van der Waals surface area contributed by atoms with Crippen LogP contribution in [-0.2, 0) is 0 Å². The van der Waals surface area contributed by atoms with Gasteiger partial charge in [-0.25, -0.2) is 5.43 Å². The predicted octanol–water partition coefficient (Wildman–Crippen LogP) is 3.42. The molecule has 22 heavy (non-hydrogen) atoms. The van der Waals surface area contributed by atoms with Gasteiger partial charge in [0.2, 0.25) is 0 Å². The number of rotatable bonds is 4. The summed E-state index contributed by atoms with van der Waals surface area (Å²) in [5.74, 6) is -0.208. The summed E-state index contributed by atoms with van der Waals surface area (Å²) >= 11 is 8.04. The van der Waals surface area contributed by atoms with Gasteiger partial charge in [0.05, 0.1) is 13.3 Å². The van der Waals surface area contributed by atoms with E-state index in [9.17, 15) is 9.90 Å². The Morgan fingerprint density at radius 1 is 1.41 bits per heavy atom. The van der Waals surface area contributed by atoms with Crippen molar-refractivity contribution in [2.24, 2.45) is 5.10 Å². The Kier molecular flexibility index (Phi) is 5.62. The highest BCUT2D eigenvalue weighted by molar-refractivity contribution is 14.1. The van der Waals surface area contributed by atoms with Gasteiger partial charge >= 0.3 is 0 Å². The number of benzene rings is 2. The van der Waals surface area contributed by atoms with Gasteiger partial charge in [-0.2, -0.15) is 5.10 Å². The van der Waals surface area contributed by atoms with Crippen LogP contribution in [0.25, 0.3) is 0 Å². The summed E-state index contributed by atoms with van der Waals surface area (Å²) in [5, 5.41) is 14.2. The molecule has 0 saturated heterocycles. The van der Waals surface area contributed by atoms with Crippen LogP contribution in [0.5, 0.6) is 11.5 Å². The van der Waals surface area contributed by atoms with Gasteiger partial charge in [0.15, 0.2) is 11.5 Å². The molecule has 1 amide bonds. The topological polar surface area (TPSA) is 70.9 Å². The molecule has 0 fully saturated rings. The number of nitrogens with zero attached hydrogens (tertiary/aromatic N) is 1. The van der Waals surface area contributed by atoms with E-state index in [4.69, 9.17) is 16.3 Å². The molecule has 7 heteroatoms. The van der Waals surface area contributed by atoms with Crippen LogP contribution in [0, 0.1) is 3.57 Å². The van der Waals surface area contributed by atoms with E-state index in [1.54, 1.807) is 18.2 Å². The second-order valence-electron chi connectivity index (χ2n) is 4.26. The molecule has 5 nitrogen and oxygen atoms in total. The number of methoxy groups -OCH3 is 1. The van der Waals surface area contributed by atoms with E-state index < -0.39 is 0 Å². The Morgan fingerprint density at radius 3 is 2.86 bits per heavy atom. The van der Waals surface area contributed by atoms with Crippen LogP contribution in [-0.4, -0.2) is 24.3 Å². The smallest absolute Gasteiger partial charge is 0.271 e. The Hall–Kier alpha value is -1.80. The normalized spacial score (nSPS) is 10.7. The van der Waals surface area contributed by atoms with E-state index in [0.717, 1.165) is 3.57 Å². The monoisotopic (exact) mass is 430 g/mol. The Bertz CT molecular complexity index is 735. The molecule has 0 aliphatic heterocycles. The van der Waals surface area contributed by atoms with Gasteiger partial charge in [0, 0.05) is 25.8 Å². The summed E-state index contributed by atoms with van der Waals surface area (Å²) in [4.78, 5) is 11.9. The third-order valence-electron chi connectivity index (χ3n) is 2.75. The van der Waals surface area contributed by atoms with Gasteiger partial charge in [-0.3, -0.25) is 4.79 Å². The first kappa shape index (κ1) is 16.6. The molecule has 0 saturated carbocycles. The first-order valence-corrected chi connectivity index (χ1v) is 7.62. The maximum atomic E-state index is 11.9.